The molecule has 0 aromatic carbocycles. The van der Waals surface area contributed by atoms with E-state index in [1.165, 1.54) is 4.90 Å². The summed E-state index contributed by atoms with van der Waals surface area (Å²) in [6.07, 6.45) is 1.93. The second kappa shape index (κ2) is 7.21. The number of nitrogens with zero attached hydrogens (tertiary/aromatic N) is 1. The molecule has 0 bridgehead atoms. The van der Waals surface area contributed by atoms with Crippen LogP contribution in [0.2, 0.25) is 0 Å². The fourth-order valence-corrected chi connectivity index (χ4v) is 4.16. The van der Waals surface area contributed by atoms with E-state index in [2.05, 4.69) is 0 Å². The normalized spacial score (nSPS) is 23.2. The molecule has 2 atom stereocenters. The molecular formula is C12H24N2O4S. The molecule has 0 spiro atoms. The Labute approximate surface area is 114 Å². The van der Waals surface area contributed by atoms with Crippen LogP contribution in [0.4, 0.5) is 0 Å². The third-order valence-electron chi connectivity index (χ3n) is 3.54. The quantitative estimate of drug-likeness (QED) is 0.650. The Morgan fingerprint density at radius 2 is 2.21 bits per heavy atom. The van der Waals surface area contributed by atoms with Crippen LogP contribution in [-0.4, -0.2) is 61.6 Å². The van der Waals surface area contributed by atoms with E-state index < -0.39 is 9.84 Å². The minimum atomic E-state index is -3.03. The Bertz CT molecular complexity index is 397. The smallest absolute Gasteiger partial charge is 0.225 e. The summed E-state index contributed by atoms with van der Waals surface area (Å²) in [5.74, 6) is -0.116. The van der Waals surface area contributed by atoms with Gasteiger partial charge in [-0.15, -0.1) is 0 Å². The van der Waals surface area contributed by atoms with Crippen molar-refractivity contribution in [2.24, 2.45) is 11.7 Å². The Kier molecular flexibility index (Phi) is 6.22. The Hall–Kier alpha value is -0.660. The monoisotopic (exact) mass is 292 g/mol. The highest BCUT2D eigenvalue weighted by atomic mass is 32.2. The topological polar surface area (TPSA) is 101 Å². The number of rotatable bonds is 7. The van der Waals surface area contributed by atoms with Crippen LogP contribution in [0.5, 0.6) is 0 Å². The third-order valence-corrected chi connectivity index (χ3v) is 5.29. The van der Waals surface area contributed by atoms with E-state index in [0.717, 1.165) is 6.42 Å². The highest BCUT2D eigenvalue weighted by molar-refractivity contribution is 7.91. The Balaban J connectivity index is 2.69. The Morgan fingerprint density at radius 1 is 1.53 bits per heavy atom. The van der Waals surface area contributed by atoms with Crippen LogP contribution >= 0.6 is 0 Å². The lowest BCUT2D eigenvalue weighted by atomic mass is 10.0. The molecule has 0 aromatic heterocycles. The molecule has 6 nitrogen and oxygen atoms in total. The van der Waals surface area contributed by atoms with Crippen molar-refractivity contribution < 1.29 is 18.3 Å². The average molecular weight is 292 g/mol. The van der Waals surface area contributed by atoms with Crippen LogP contribution in [0.1, 0.15) is 26.2 Å². The molecule has 1 fully saturated rings. The average Bonchev–Trinajstić information content (AvgIpc) is 2.72. The van der Waals surface area contributed by atoms with E-state index >= 15 is 0 Å². The van der Waals surface area contributed by atoms with Gasteiger partial charge in [-0.05, 0) is 25.8 Å². The first-order valence-electron chi connectivity index (χ1n) is 6.73. The first-order valence-corrected chi connectivity index (χ1v) is 8.55. The summed E-state index contributed by atoms with van der Waals surface area (Å²) >= 11 is 0. The van der Waals surface area contributed by atoms with Crippen molar-refractivity contribution in [2.75, 3.05) is 31.2 Å². The van der Waals surface area contributed by atoms with Gasteiger partial charge in [-0.2, -0.15) is 0 Å². The van der Waals surface area contributed by atoms with Gasteiger partial charge in [0.25, 0.3) is 0 Å². The second-order valence-electron chi connectivity index (χ2n) is 5.14. The number of aliphatic hydroxyl groups is 1. The highest BCUT2D eigenvalue weighted by Gasteiger charge is 2.35. The van der Waals surface area contributed by atoms with E-state index in [1.807, 2.05) is 6.92 Å². The van der Waals surface area contributed by atoms with Crippen molar-refractivity contribution in [1.29, 1.82) is 0 Å². The molecule has 1 saturated heterocycles. The number of hydrogen-bond acceptors (Lipinski definition) is 5. The Morgan fingerprint density at radius 3 is 2.68 bits per heavy atom. The number of amides is 1. The lowest BCUT2D eigenvalue weighted by Gasteiger charge is -2.30. The summed E-state index contributed by atoms with van der Waals surface area (Å²) in [5, 5.41) is 9.07. The molecule has 1 aliphatic rings. The molecule has 19 heavy (non-hydrogen) atoms. The van der Waals surface area contributed by atoms with Crippen molar-refractivity contribution in [1.82, 2.24) is 4.90 Å². The van der Waals surface area contributed by atoms with Gasteiger partial charge in [-0.3, -0.25) is 4.79 Å². The summed E-state index contributed by atoms with van der Waals surface area (Å²) in [7, 11) is -3.03. The molecule has 0 saturated carbocycles. The van der Waals surface area contributed by atoms with Gasteiger partial charge in [-0.1, -0.05) is 6.92 Å². The molecule has 2 unspecified atom stereocenters. The molecule has 112 valence electrons. The minimum absolute atomic E-state index is 0.0162. The molecule has 1 heterocycles. The van der Waals surface area contributed by atoms with Crippen molar-refractivity contribution in [3.8, 4) is 0 Å². The van der Waals surface area contributed by atoms with Crippen LogP contribution in [0, 0.1) is 5.92 Å². The molecule has 1 aliphatic heterocycles. The van der Waals surface area contributed by atoms with Crippen molar-refractivity contribution in [3.05, 3.63) is 0 Å². The van der Waals surface area contributed by atoms with Crippen molar-refractivity contribution in [3.63, 3.8) is 0 Å². The third kappa shape index (κ3) is 4.74. The molecule has 0 aromatic rings. The molecule has 1 rings (SSSR count). The van der Waals surface area contributed by atoms with E-state index in [0.29, 0.717) is 19.4 Å². The summed E-state index contributed by atoms with van der Waals surface area (Å²) in [6, 6.07) is -0.287. The summed E-state index contributed by atoms with van der Waals surface area (Å²) in [5.41, 5.74) is 5.43. The maximum atomic E-state index is 12.3. The fraction of sp³-hybridized carbons (Fsp3) is 0.917. The highest BCUT2D eigenvalue weighted by Crippen LogP contribution is 2.20. The number of sulfone groups is 1. The maximum absolute atomic E-state index is 12.3. The summed E-state index contributed by atoms with van der Waals surface area (Å²) in [6.45, 7) is 2.42. The first kappa shape index (κ1) is 16.4. The number of hydrogen-bond donors (Lipinski definition) is 2. The first-order chi connectivity index (χ1) is 8.91. The van der Waals surface area contributed by atoms with Gasteiger partial charge in [0.2, 0.25) is 5.91 Å². The van der Waals surface area contributed by atoms with Crippen LogP contribution in [0.25, 0.3) is 0 Å². The van der Waals surface area contributed by atoms with Gasteiger partial charge in [0.1, 0.15) is 0 Å². The lowest BCUT2D eigenvalue weighted by Crippen LogP contribution is -2.45. The number of carbonyl (C=O) groups excluding carboxylic acids is 1. The van der Waals surface area contributed by atoms with Crippen LogP contribution < -0.4 is 5.73 Å². The van der Waals surface area contributed by atoms with Gasteiger partial charge in [-0.25, -0.2) is 8.42 Å². The molecule has 1 amide bonds. The van der Waals surface area contributed by atoms with E-state index in [1.54, 1.807) is 0 Å². The number of aliphatic hydroxyl groups excluding tert-OH is 1. The number of nitrogens with two attached hydrogens (primary N) is 1. The molecular weight excluding hydrogens is 268 g/mol. The van der Waals surface area contributed by atoms with Crippen molar-refractivity contribution >= 4 is 15.7 Å². The van der Waals surface area contributed by atoms with Crippen LogP contribution in [0.3, 0.4) is 0 Å². The summed E-state index contributed by atoms with van der Waals surface area (Å²) in [4.78, 5) is 13.8. The van der Waals surface area contributed by atoms with E-state index in [9.17, 15) is 13.2 Å². The van der Waals surface area contributed by atoms with E-state index in [-0.39, 0.29) is 42.5 Å². The lowest BCUT2D eigenvalue weighted by molar-refractivity contribution is -0.137. The van der Waals surface area contributed by atoms with Gasteiger partial charge < -0.3 is 15.7 Å². The van der Waals surface area contributed by atoms with Gasteiger partial charge in [0.15, 0.2) is 9.84 Å². The fourth-order valence-electron chi connectivity index (χ4n) is 2.43. The molecule has 7 heteroatoms. The zero-order valence-electron chi connectivity index (χ0n) is 11.4. The largest absolute Gasteiger partial charge is 0.395 e. The zero-order valence-corrected chi connectivity index (χ0v) is 12.2. The minimum Gasteiger partial charge on any atom is -0.395 e. The van der Waals surface area contributed by atoms with Gasteiger partial charge in [0.05, 0.1) is 18.1 Å². The molecule has 0 radical (unpaired) electrons. The van der Waals surface area contributed by atoms with E-state index in [4.69, 9.17) is 10.8 Å². The SMILES string of the molecule is CC(CCCN)C(=O)N(CCO)C1CCS(=O)(=O)C1. The van der Waals surface area contributed by atoms with Gasteiger partial charge in [0, 0.05) is 18.5 Å². The maximum Gasteiger partial charge on any atom is 0.225 e. The standard InChI is InChI=1S/C12H24N2O4S/c1-10(3-2-5-13)12(16)14(6-7-15)11-4-8-19(17,18)9-11/h10-11,15H,2-9,13H2,1H3. The predicted molar refractivity (Wildman–Crippen MR) is 73.3 cm³/mol. The molecule has 0 aliphatic carbocycles. The second-order valence-corrected chi connectivity index (χ2v) is 7.37. The molecule has 3 N–H and O–H groups in total. The van der Waals surface area contributed by atoms with Crippen LogP contribution in [0.15, 0.2) is 0 Å². The van der Waals surface area contributed by atoms with Crippen LogP contribution in [-0.2, 0) is 14.6 Å². The number of carbonyl (C=O) groups is 1. The zero-order chi connectivity index (χ0) is 14.5. The predicted octanol–water partition coefficient (Wildman–Crippen LogP) is -0.631. The van der Waals surface area contributed by atoms with Gasteiger partial charge >= 0.3 is 0 Å². The van der Waals surface area contributed by atoms with Crippen molar-refractivity contribution in [2.45, 2.75) is 32.2 Å². The summed E-state index contributed by atoms with van der Waals surface area (Å²) < 4.78 is 23.0.